The molecule has 102 valence electrons. The van der Waals surface area contributed by atoms with Crippen molar-refractivity contribution in [1.82, 2.24) is 4.90 Å². The van der Waals surface area contributed by atoms with Gasteiger partial charge in [0.15, 0.2) is 0 Å². The molecular weight excluding hydrogens is 256 g/mol. The van der Waals surface area contributed by atoms with Gasteiger partial charge in [-0.2, -0.15) is 5.26 Å². The Labute approximate surface area is 116 Å². The first-order valence-electron chi connectivity index (χ1n) is 6.07. The van der Waals surface area contributed by atoms with Crippen molar-refractivity contribution in [3.63, 3.8) is 0 Å². The smallest absolute Gasteiger partial charge is 0.338 e. The summed E-state index contributed by atoms with van der Waals surface area (Å²) in [4.78, 5) is 12.7. The van der Waals surface area contributed by atoms with Crippen molar-refractivity contribution in [1.29, 1.82) is 5.26 Å². The van der Waals surface area contributed by atoms with E-state index in [1.54, 1.807) is 6.07 Å². The molecule has 1 heterocycles. The van der Waals surface area contributed by atoms with Gasteiger partial charge >= 0.3 is 5.97 Å². The van der Waals surface area contributed by atoms with Gasteiger partial charge in [-0.05, 0) is 30.8 Å². The maximum absolute atomic E-state index is 10.8. The third-order valence-corrected chi connectivity index (χ3v) is 2.84. The summed E-state index contributed by atoms with van der Waals surface area (Å²) in [5, 5.41) is 17.7. The van der Waals surface area contributed by atoms with Gasteiger partial charge in [-0.1, -0.05) is 12.1 Å². The number of carboxylic acids is 1. The van der Waals surface area contributed by atoms with Crippen LogP contribution in [0.1, 0.15) is 27.2 Å². The van der Waals surface area contributed by atoms with E-state index in [9.17, 15) is 4.79 Å². The highest BCUT2D eigenvalue weighted by Gasteiger charge is 2.10. The van der Waals surface area contributed by atoms with Crippen LogP contribution in [0.25, 0.3) is 0 Å². The summed E-state index contributed by atoms with van der Waals surface area (Å²) in [5.41, 5.74) is 1.80. The molecule has 0 saturated carbocycles. The van der Waals surface area contributed by atoms with Crippen molar-refractivity contribution >= 4 is 5.97 Å². The predicted octanol–water partition coefficient (Wildman–Crippen LogP) is 2.48. The van der Waals surface area contributed by atoms with E-state index >= 15 is 0 Å². The number of carbonyl (C=O) groups is 1. The number of carboxylic acid groups (broad SMARTS) is 1. The van der Waals surface area contributed by atoms with Crippen LogP contribution in [-0.2, 0) is 13.1 Å². The fraction of sp³-hybridized carbons (Fsp3) is 0.200. The molecular formula is C15H14N2O3. The van der Waals surface area contributed by atoms with E-state index in [0.29, 0.717) is 24.4 Å². The first kappa shape index (κ1) is 13.8. The molecule has 1 N–H and O–H groups in total. The summed E-state index contributed by atoms with van der Waals surface area (Å²) in [6.07, 6.45) is 1.24. The Hall–Kier alpha value is -2.58. The van der Waals surface area contributed by atoms with Crippen molar-refractivity contribution in [2.75, 3.05) is 7.05 Å². The molecule has 0 fully saturated rings. The van der Waals surface area contributed by atoms with E-state index in [1.807, 2.05) is 30.1 Å². The zero-order valence-corrected chi connectivity index (χ0v) is 11.0. The average molecular weight is 270 g/mol. The molecule has 5 heteroatoms. The van der Waals surface area contributed by atoms with Gasteiger partial charge in [0.05, 0.1) is 23.7 Å². The van der Waals surface area contributed by atoms with Gasteiger partial charge in [-0.15, -0.1) is 0 Å². The topological polar surface area (TPSA) is 77.5 Å². The van der Waals surface area contributed by atoms with Crippen molar-refractivity contribution in [3.05, 3.63) is 59.0 Å². The van der Waals surface area contributed by atoms with Crippen LogP contribution < -0.4 is 0 Å². The third kappa shape index (κ3) is 3.46. The minimum atomic E-state index is -0.996. The van der Waals surface area contributed by atoms with Gasteiger partial charge in [0.1, 0.15) is 12.0 Å². The Kier molecular flexibility index (Phi) is 4.18. The number of rotatable bonds is 5. The number of hydrogen-bond acceptors (Lipinski definition) is 4. The number of furan rings is 1. The fourth-order valence-electron chi connectivity index (χ4n) is 1.95. The van der Waals surface area contributed by atoms with Gasteiger partial charge in [0, 0.05) is 6.54 Å². The molecule has 0 aliphatic carbocycles. The minimum absolute atomic E-state index is 0.153. The summed E-state index contributed by atoms with van der Waals surface area (Å²) in [6.45, 7) is 1.16. The third-order valence-electron chi connectivity index (χ3n) is 2.84. The zero-order valence-electron chi connectivity index (χ0n) is 11.0. The van der Waals surface area contributed by atoms with E-state index in [0.717, 1.165) is 5.56 Å². The highest BCUT2D eigenvalue weighted by Crippen LogP contribution is 2.12. The molecule has 20 heavy (non-hydrogen) atoms. The summed E-state index contributed by atoms with van der Waals surface area (Å²) < 4.78 is 5.20. The molecule has 0 atom stereocenters. The van der Waals surface area contributed by atoms with Crippen molar-refractivity contribution in [2.24, 2.45) is 0 Å². The first-order chi connectivity index (χ1) is 9.58. The molecule has 0 spiro atoms. The lowest BCUT2D eigenvalue weighted by atomic mass is 10.1. The molecule has 0 unspecified atom stereocenters. The van der Waals surface area contributed by atoms with Gasteiger partial charge in [-0.25, -0.2) is 4.79 Å². The fourth-order valence-corrected chi connectivity index (χ4v) is 1.95. The van der Waals surface area contributed by atoms with E-state index in [4.69, 9.17) is 14.8 Å². The lowest BCUT2D eigenvalue weighted by Crippen LogP contribution is -2.16. The second kappa shape index (κ2) is 6.04. The SMILES string of the molecule is CN(Cc1cccc(C#N)c1)Cc1cc(C(=O)O)co1. The van der Waals surface area contributed by atoms with Gasteiger partial charge in [0.25, 0.3) is 0 Å². The Morgan fingerprint density at radius 1 is 1.40 bits per heavy atom. The molecule has 0 radical (unpaired) electrons. The van der Waals surface area contributed by atoms with Crippen LogP contribution in [0.2, 0.25) is 0 Å². The Morgan fingerprint density at radius 2 is 2.20 bits per heavy atom. The lowest BCUT2D eigenvalue weighted by molar-refractivity contribution is 0.0696. The van der Waals surface area contributed by atoms with Crippen LogP contribution >= 0.6 is 0 Å². The first-order valence-corrected chi connectivity index (χ1v) is 6.07. The minimum Gasteiger partial charge on any atom is -0.478 e. The number of benzene rings is 1. The van der Waals surface area contributed by atoms with Crippen LogP contribution in [0.15, 0.2) is 41.0 Å². The van der Waals surface area contributed by atoms with E-state index in [-0.39, 0.29) is 5.56 Å². The van der Waals surface area contributed by atoms with Gasteiger partial charge in [-0.3, -0.25) is 4.90 Å². The Morgan fingerprint density at radius 3 is 2.85 bits per heavy atom. The second-order valence-electron chi connectivity index (χ2n) is 4.59. The lowest BCUT2D eigenvalue weighted by Gasteiger charge is -2.15. The van der Waals surface area contributed by atoms with E-state index in [1.165, 1.54) is 12.3 Å². The summed E-state index contributed by atoms with van der Waals surface area (Å²) >= 11 is 0. The number of hydrogen-bond donors (Lipinski definition) is 1. The molecule has 0 bridgehead atoms. The normalized spacial score (nSPS) is 10.4. The molecule has 0 amide bonds. The van der Waals surface area contributed by atoms with E-state index < -0.39 is 5.97 Å². The predicted molar refractivity (Wildman–Crippen MR) is 72.0 cm³/mol. The molecule has 1 aromatic carbocycles. The van der Waals surface area contributed by atoms with Crippen molar-refractivity contribution in [2.45, 2.75) is 13.1 Å². The standard InChI is InChI=1S/C15H14N2O3/c1-17(8-12-4-2-3-11(5-12)7-16)9-14-6-13(10-20-14)15(18)19/h2-6,10H,8-9H2,1H3,(H,18,19). The Balaban J connectivity index is 1.99. The largest absolute Gasteiger partial charge is 0.478 e. The summed E-state index contributed by atoms with van der Waals surface area (Å²) in [5.74, 6) is -0.397. The molecule has 1 aromatic heterocycles. The van der Waals surface area contributed by atoms with Crippen LogP contribution in [0, 0.1) is 11.3 Å². The number of nitriles is 1. The number of aromatic carboxylic acids is 1. The van der Waals surface area contributed by atoms with Gasteiger partial charge < -0.3 is 9.52 Å². The van der Waals surface area contributed by atoms with Crippen LogP contribution in [0.3, 0.4) is 0 Å². The molecule has 0 aliphatic heterocycles. The van der Waals surface area contributed by atoms with Crippen molar-refractivity contribution < 1.29 is 14.3 Å². The number of nitrogens with zero attached hydrogens (tertiary/aromatic N) is 2. The molecule has 0 aliphatic rings. The van der Waals surface area contributed by atoms with Gasteiger partial charge in [0.2, 0.25) is 0 Å². The van der Waals surface area contributed by atoms with E-state index in [2.05, 4.69) is 6.07 Å². The summed E-state index contributed by atoms with van der Waals surface area (Å²) in [6, 6.07) is 11.0. The molecule has 0 saturated heterocycles. The highest BCUT2D eigenvalue weighted by atomic mass is 16.4. The second-order valence-corrected chi connectivity index (χ2v) is 4.59. The van der Waals surface area contributed by atoms with Crippen molar-refractivity contribution in [3.8, 4) is 6.07 Å². The molecule has 2 aromatic rings. The summed E-state index contributed by atoms with van der Waals surface area (Å²) in [7, 11) is 1.90. The Bertz CT molecular complexity index is 655. The van der Waals surface area contributed by atoms with Crippen LogP contribution in [0.5, 0.6) is 0 Å². The zero-order chi connectivity index (χ0) is 14.5. The maximum Gasteiger partial charge on any atom is 0.338 e. The maximum atomic E-state index is 10.8. The monoisotopic (exact) mass is 270 g/mol. The average Bonchev–Trinajstić information content (AvgIpc) is 2.87. The van der Waals surface area contributed by atoms with Crippen LogP contribution in [0.4, 0.5) is 0 Å². The van der Waals surface area contributed by atoms with Crippen LogP contribution in [-0.4, -0.2) is 23.0 Å². The molecule has 2 rings (SSSR count). The highest BCUT2D eigenvalue weighted by molar-refractivity contribution is 5.87. The molecule has 5 nitrogen and oxygen atoms in total. The quantitative estimate of drug-likeness (QED) is 0.903.